The zero-order chi connectivity index (χ0) is 15.7. The molecule has 2 N–H and O–H groups in total. The van der Waals surface area contributed by atoms with Gasteiger partial charge in [-0.05, 0) is 35.4 Å². The molecule has 0 saturated heterocycles. The maximum absolute atomic E-state index is 9.99. The first-order valence-electron chi connectivity index (χ1n) is 7.74. The Labute approximate surface area is 138 Å². The van der Waals surface area contributed by atoms with Crippen molar-refractivity contribution in [3.05, 3.63) is 64.7 Å². The van der Waals surface area contributed by atoms with E-state index in [4.69, 9.17) is 4.52 Å². The summed E-state index contributed by atoms with van der Waals surface area (Å²) in [5.74, 6) is 0.793. The minimum absolute atomic E-state index is 0.0830. The Morgan fingerprint density at radius 3 is 3.00 bits per heavy atom. The Hall–Kier alpha value is -1.95. The number of rotatable bonds is 5. The van der Waals surface area contributed by atoms with Crippen LogP contribution >= 0.6 is 11.3 Å². The minimum atomic E-state index is -0.376. The van der Waals surface area contributed by atoms with Gasteiger partial charge in [0.15, 0.2) is 5.76 Å². The summed E-state index contributed by atoms with van der Waals surface area (Å²) in [7, 11) is 0. The van der Waals surface area contributed by atoms with Gasteiger partial charge in [-0.25, -0.2) is 0 Å². The highest BCUT2D eigenvalue weighted by Crippen LogP contribution is 2.36. The van der Waals surface area contributed by atoms with Gasteiger partial charge in [0.25, 0.3) is 0 Å². The molecule has 118 valence electrons. The van der Waals surface area contributed by atoms with Crippen LogP contribution in [0.3, 0.4) is 0 Å². The number of fused-ring (bicyclic) bond motifs is 1. The second-order valence-corrected chi connectivity index (χ2v) is 6.86. The van der Waals surface area contributed by atoms with Crippen molar-refractivity contribution < 1.29 is 9.63 Å². The van der Waals surface area contributed by atoms with Crippen LogP contribution in [-0.4, -0.2) is 16.9 Å². The summed E-state index contributed by atoms with van der Waals surface area (Å²) in [6.07, 6.45) is 1.89. The summed E-state index contributed by atoms with van der Waals surface area (Å²) >= 11 is 1.63. The lowest BCUT2D eigenvalue weighted by Crippen LogP contribution is -2.43. The Kier molecular flexibility index (Phi) is 3.77. The van der Waals surface area contributed by atoms with E-state index in [1.54, 1.807) is 11.3 Å². The molecular weight excluding hydrogens is 308 g/mol. The van der Waals surface area contributed by atoms with Gasteiger partial charge in [-0.1, -0.05) is 35.5 Å². The van der Waals surface area contributed by atoms with Crippen LogP contribution in [-0.2, 0) is 18.5 Å². The topological polar surface area (TPSA) is 58.3 Å². The molecule has 1 aromatic carbocycles. The van der Waals surface area contributed by atoms with Crippen LogP contribution in [0.2, 0.25) is 0 Å². The predicted molar refractivity (Wildman–Crippen MR) is 90.2 cm³/mol. The van der Waals surface area contributed by atoms with Gasteiger partial charge in [-0.15, -0.1) is 11.3 Å². The van der Waals surface area contributed by atoms with Gasteiger partial charge in [-0.2, -0.15) is 0 Å². The summed E-state index contributed by atoms with van der Waals surface area (Å²) in [5, 5.41) is 19.7. The average Bonchev–Trinajstić information content (AvgIpc) is 3.32. The summed E-state index contributed by atoms with van der Waals surface area (Å²) < 4.78 is 5.42. The number of hydrogen-bond donors (Lipinski definition) is 2. The summed E-state index contributed by atoms with van der Waals surface area (Å²) in [4.78, 5) is 1.08. The Morgan fingerprint density at radius 1 is 1.26 bits per heavy atom. The van der Waals surface area contributed by atoms with Gasteiger partial charge in [0.05, 0.1) is 22.7 Å². The van der Waals surface area contributed by atoms with Gasteiger partial charge in [0.1, 0.15) is 0 Å². The molecule has 0 radical (unpaired) electrons. The summed E-state index contributed by atoms with van der Waals surface area (Å²) in [5.41, 5.74) is 2.99. The summed E-state index contributed by atoms with van der Waals surface area (Å²) in [6, 6.07) is 14.3. The second-order valence-electron chi connectivity index (χ2n) is 5.91. The van der Waals surface area contributed by atoms with E-state index in [-0.39, 0.29) is 12.1 Å². The number of thiophene rings is 1. The first-order valence-corrected chi connectivity index (χ1v) is 8.62. The van der Waals surface area contributed by atoms with E-state index in [0.29, 0.717) is 6.54 Å². The smallest absolute Gasteiger partial charge is 0.177 e. The van der Waals surface area contributed by atoms with Crippen molar-refractivity contribution in [2.75, 3.05) is 6.61 Å². The number of nitrogens with one attached hydrogen (secondary N) is 1. The molecule has 3 aromatic rings. The minimum Gasteiger partial charge on any atom is -0.394 e. The predicted octanol–water partition coefficient (Wildman–Crippen LogP) is 3.33. The zero-order valence-corrected chi connectivity index (χ0v) is 13.5. The molecule has 2 aromatic heterocycles. The quantitative estimate of drug-likeness (QED) is 0.755. The first-order chi connectivity index (χ1) is 11.3. The van der Waals surface area contributed by atoms with Gasteiger partial charge >= 0.3 is 0 Å². The van der Waals surface area contributed by atoms with Gasteiger partial charge < -0.3 is 9.63 Å². The summed E-state index contributed by atoms with van der Waals surface area (Å²) in [6.45, 7) is 0.656. The molecule has 0 saturated carbocycles. The first kappa shape index (κ1) is 14.6. The van der Waals surface area contributed by atoms with Crippen molar-refractivity contribution in [2.24, 2.45) is 0 Å². The van der Waals surface area contributed by atoms with Crippen LogP contribution in [0.5, 0.6) is 0 Å². The third-order valence-electron chi connectivity index (χ3n) is 4.55. The van der Waals surface area contributed by atoms with Crippen LogP contribution in [0.1, 0.15) is 23.2 Å². The third-order valence-corrected chi connectivity index (χ3v) is 5.44. The fraction of sp³-hybridized carbons (Fsp3) is 0.278. The van der Waals surface area contributed by atoms with Crippen molar-refractivity contribution in [3.63, 3.8) is 0 Å². The normalized spacial score (nSPS) is 19.9. The highest BCUT2D eigenvalue weighted by atomic mass is 32.1. The van der Waals surface area contributed by atoms with Crippen molar-refractivity contribution in [1.29, 1.82) is 0 Å². The second kappa shape index (κ2) is 5.92. The monoisotopic (exact) mass is 326 g/mol. The van der Waals surface area contributed by atoms with E-state index in [2.05, 4.69) is 28.7 Å². The number of aliphatic hydroxyl groups excluding tert-OH is 1. The zero-order valence-electron chi connectivity index (χ0n) is 12.7. The fourth-order valence-corrected chi connectivity index (χ4v) is 3.95. The number of aliphatic hydroxyl groups is 1. The van der Waals surface area contributed by atoms with E-state index in [0.717, 1.165) is 29.2 Å². The van der Waals surface area contributed by atoms with Crippen molar-refractivity contribution in [2.45, 2.75) is 24.9 Å². The lowest BCUT2D eigenvalue weighted by Gasteiger charge is -2.29. The molecule has 0 amide bonds. The lowest BCUT2D eigenvalue weighted by molar-refractivity contribution is 0.158. The number of aromatic nitrogens is 1. The van der Waals surface area contributed by atoms with Crippen LogP contribution < -0.4 is 5.32 Å². The number of hydrogen-bond acceptors (Lipinski definition) is 5. The molecule has 4 nitrogen and oxygen atoms in total. The number of benzene rings is 1. The molecule has 4 rings (SSSR count). The Morgan fingerprint density at radius 2 is 2.17 bits per heavy atom. The van der Waals surface area contributed by atoms with Crippen molar-refractivity contribution in [3.8, 4) is 10.6 Å². The van der Waals surface area contributed by atoms with Gasteiger partial charge in [0.2, 0.25) is 0 Å². The molecular formula is C18H18N2O2S. The molecule has 0 bridgehead atoms. The van der Waals surface area contributed by atoms with E-state index in [1.165, 1.54) is 11.1 Å². The van der Waals surface area contributed by atoms with Crippen LogP contribution in [0.15, 0.2) is 52.4 Å². The molecule has 0 spiro atoms. The molecule has 0 fully saturated rings. The molecule has 1 aliphatic carbocycles. The molecule has 1 aliphatic rings. The van der Waals surface area contributed by atoms with Crippen LogP contribution in [0.4, 0.5) is 0 Å². The van der Waals surface area contributed by atoms with Crippen molar-refractivity contribution >= 4 is 11.3 Å². The molecule has 5 heteroatoms. The Bertz CT molecular complexity index is 797. The van der Waals surface area contributed by atoms with Crippen molar-refractivity contribution in [1.82, 2.24) is 10.5 Å². The molecule has 1 atom stereocenters. The van der Waals surface area contributed by atoms with E-state index < -0.39 is 0 Å². The number of nitrogens with zero attached hydrogens (tertiary/aromatic N) is 1. The fourth-order valence-electron chi connectivity index (χ4n) is 3.28. The SMILES string of the molecule is OCC1(NCc2cc(-c3cccs3)on2)CCc2ccccc21. The molecule has 23 heavy (non-hydrogen) atoms. The number of aryl methyl sites for hydroxylation is 1. The molecule has 0 aliphatic heterocycles. The van der Waals surface area contributed by atoms with Gasteiger partial charge in [-0.3, -0.25) is 5.32 Å². The highest BCUT2D eigenvalue weighted by Gasteiger charge is 2.37. The molecule has 2 heterocycles. The average molecular weight is 326 g/mol. The molecule has 1 unspecified atom stereocenters. The standard InChI is InChI=1S/C18H18N2O2S/c21-12-18(8-7-13-4-1-2-5-15(13)18)19-11-14-10-16(22-20-14)17-6-3-9-23-17/h1-6,9-10,19,21H,7-8,11-12H2. The lowest BCUT2D eigenvalue weighted by atomic mass is 9.92. The largest absolute Gasteiger partial charge is 0.394 e. The van der Waals surface area contributed by atoms with E-state index >= 15 is 0 Å². The van der Waals surface area contributed by atoms with Gasteiger partial charge in [0, 0.05) is 12.6 Å². The Balaban J connectivity index is 1.52. The van der Waals surface area contributed by atoms with E-state index in [9.17, 15) is 5.11 Å². The third kappa shape index (κ3) is 2.61. The highest BCUT2D eigenvalue weighted by molar-refractivity contribution is 7.13. The van der Waals surface area contributed by atoms with Crippen LogP contribution in [0.25, 0.3) is 10.6 Å². The maximum Gasteiger partial charge on any atom is 0.177 e. The maximum atomic E-state index is 9.99. The van der Waals surface area contributed by atoms with Crippen LogP contribution in [0, 0.1) is 0 Å². The van der Waals surface area contributed by atoms with E-state index in [1.807, 2.05) is 29.6 Å².